The van der Waals surface area contributed by atoms with Crippen LogP contribution in [0.2, 0.25) is 0 Å². The molecule has 1 aromatic carbocycles. The SMILES string of the molecule is CCCNc1cc(C(C)(C)C)nc(-c2cccc(Br)c2)n1. The summed E-state index contributed by atoms with van der Waals surface area (Å²) in [6.07, 6.45) is 1.07. The molecule has 0 bridgehead atoms. The first-order valence-corrected chi connectivity index (χ1v) is 8.09. The Morgan fingerprint density at radius 3 is 2.52 bits per heavy atom. The van der Waals surface area contributed by atoms with E-state index in [1.165, 1.54) is 0 Å². The van der Waals surface area contributed by atoms with Crippen LogP contribution in [0.3, 0.4) is 0 Å². The van der Waals surface area contributed by atoms with Crippen LogP contribution in [0, 0.1) is 0 Å². The van der Waals surface area contributed by atoms with Gasteiger partial charge in [-0.2, -0.15) is 0 Å². The third-order valence-electron chi connectivity index (χ3n) is 3.13. The maximum Gasteiger partial charge on any atom is 0.161 e. The van der Waals surface area contributed by atoms with Gasteiger partial charge in [-0.15, -0.1) is 0 Å². The van der Waals surface area contributed by atoms with E-state index in [0.29, 0.717) is 0 Å². The molecule has 0 aliphatic rings. The summed E-state index contributed by atoms with van der Waals surface area (Å²) in [4.78, 5) is 9.40. The van der Waals surface area contributed by atoms with E-state index >= 15 is 0 Å². The Morgan fingerprint density at radius 2 is 1.90 bits per heavy atom. The predicted molar refractivity (Wildman–Crippen MR) is 92.6 cm³/mol. The van der Waals surface area contributed by atoms with Crippen molar-refractivity contribution in [2.45, 2.75) is 39.5 Å². The Balaban J connectivity index is 2.49. The molecule has 112 valence electrons. The molecule has 2 aromatic rings. The van der Waals surface area contributed by atoms with Gasteiger partial charge in [-0.1, -0.05) is 55.8 Å². The zero-order valence-electron chi connectivity index (χ0n) is 13.1. The Hall–Kier alpha value is -1.42. The third kappa shape index (κ3) is 4.27. The number of hydrogen-bond acceptors (Lipinski definition) is 3. The highest BCUT2D eigenvalue weighted by Gasteiger charge is 2.18. The first-order chi connectivity index (χ1) is 9.90. The van der Waals surface area contributed by atoms with E-state index in [9.17, 15) is 0 Å². The number of hydrogen-bond donors (Lipinski definition) is 1. The van der Waals surface area contributed by atoms with Crippen LogP contribution in [0.4, 0.5) is 5.82 Å². The van der Waals surface area contributed by atoms with E-state index in [4.69, 9.17) is 4.98 Å². The number of rotatable bonds is 4. The minimum absolute atomic E-state index is 0.00759. The van der Waals surface area contributed by atoms with Crippen molar-refractivity contribution in [2.24, 2.45) is 0 Å². The highest BCUT2D eigenvalue weighted by molar-refractivity contribution is 9.10. The number of benzene rings is 1. The minimum Gasteiger partial charge on any atom is -0.370 e. The van der Waals surface area contributed by atoms with E-state index in [1.54, 1.807) is 0 Å². The van der Waals surface area contributed by atoms with E-state index in [1.807, 2.05) is 24.3 Å². The van der Waals surface area contributed by atoms with Crippen LogP contribution >= 0.6 is 15.9 Å². The van der Waals surface area contributed by atoms with Crippen LogP contribution in [0.1, 0.15) is 39.8 Å². The van der Waals surface area contributed by atoms with Gasteiger partial charge in [0.25, 0.3) is 0 Å². The molecule has 3 nitrogen and oxygen atoms in total. The fourth-order valence-electron chi connectivity index (χ4n) is 1.93. The molecular weight excluding hydrogens is 326 g/mol. The average Bonchev–Trinajstić information content (AvgIpc) is 2.44. The van der Waals surface area contributed by atoms with Gasteiger partial charge in [0.1, 0.15) is 5.82 Å². The molecule has 0 saturated carbocycles. The highest BCUT2D eigenvalue weighted by atomic mass is 79.9. The van der Waals surface area contributed by atoms with Crippen LogP contribution in [0.25, 0.3) is 11.4 Å². The van der Waals surface area contributed by atoms with Crippen LogP contribution < -0.4 is 5.32 Å². The van der Waals surface area contributed by atoms with Crippen molar-refractivity contribution in [2.75, 3.05) is 11.9 Å². The molecule has 1 N–H and O–H groups in total. The van der Waals surface area contributed by atoms with Gasteiger partial charge in [0, 0.05) is 28.1 Å². The van der Waals surface area contributed by atoms with Gasteiger partial charge in [0.05, 0.1) is 5.69 Å². The largest absolute Gasteiger partial charge is 0.370 e. The smallest absolute Gasteiger partial charge is 0.161 e. The summed E-state index contributed by atoms with van der Waals surface area (Å²) in [5.74, 6) is 1.66. The fraction of sp³-hybridized carbons (Fsp3) is 0.412. The third-order valence-corrected chi connectivity index (χ3v) is 3.63. The molecule has 1 heterocycles. The average molecular weight is 348 g/mol. The fourth-order valence-corrected chi connectivity index (χ4v) is 2.33. The van der Waals surface area contributed by atoms with E-state index in [2.05, 4.69) is 60.0 Å². The van der Waals surface area contributed by atoms with Crippen molar-refractivity contribution in [3.8, 4) is 11.4 Å². The van der Waals surface area contributed by atoms with Crippen molar-refractivity contribution < 1.29 is 0 Å². The monoisotopic (exact) mass is 347 g/mol. The molecular formula is C17H22BrN3. The molecule has 0 radical (unpaired) electrons. The van der Waals surface area contributed by atoms with E-state index < -0.39 is 0 Å². The first kappa shape index (κ1) is 16.0. The highest BCUT2D eigenvalue weighted by Crippen LogP contribution is 2.27. The summed E-state index contributed by atoms with van der Waals surface area (Å²) in [5.41, 5.74) is 2.06. The van der Waals surface area contributed by atoms with Crippen molar-refractivity contribution in [1.82, 2.24) is 9.97 Å². The predicted octanol–water partition coefficient (Wildman–Crippen LogP) is 5.03. The standard InChI is InChI=1S/C17H22BrN3/c1-5-9-19-15-11-14(17(2,3)4)20-16(21-15)12-7-6-8-13(18)10-12/h6-8,10-11H,5,9H2,1-4H3,(H,19,20,21). The molecule has 1 aromatic heterocycles. The van der Waals surface area contributed by atoms with Gasteiger partial charge in [-0.05, 0) is 18.6 Å². The topological polar surface area (TPSA) is 37.8 Å². The van der Waals surface area contributed by atoms with Gasteiger partial charge in [0.15, 0.2) is 5.82 Å². The Labute approximate surface area is 135 Å². The van der Waals surface area contributed by atoms with Gasteiger partial charge in [-0.25, -0.2) is 9.97 Å². The zero-order valence-corrected chi connectivity index (χ0v) is 14.7. The summed E-state index contributed by atoms with van der Waals surface area (Å²) in [5, 5.41) is 3.37. The number of anilines is 1. The van der Waals surface area contributed by atoms with Crippen LogP contribution in [-0.2, 0) is 5.41 Å². The normalized spacial score (nSPS) is 11.5. The molecule has 21 heavy (non-hydrogen) atoms. The van der Waals surface area contributed by atoms with Gasteiger partial charge in [-0.3, -0.25) is 0 Å². The molecule has 2 rings (SSSR count). The zero-order chi connectivity index (χ0) is 15.5. The van der Waals surface area contributed by atoms with Crippen LogP contribution in [0.5, 0.6) is 0 Å². The molecule has 0 unspecified atom stereocenters. The number of halogens is 1. The minimum atomic E-state index is -0.00759. The molecule has 0 fully saturated rings. The first-order valence-electron chi connectivity index (χ1n) is 7.29. The Morgan fingerprint density at radius 1 is 1.14 bits per heavy atom. The lowest BCUT2D eigenvalue weighted by Gasteiger charge is -2.20. The van der Waals surface area contributed by atoms with Gasteiger partial charge >= 0.3 is 0 Å². The molecule has 4 heteroatoms. The van der Waals surface area contributed by atoms with E-state index in [-0.39, 0.29) is 5.41 Å². The molecule has 0 aliphatic heterocycles. The van der Waals surface area contributed by atoms with Crippen LogP contribution in [0.15, 0.2) is 34.8 Å². The molecule has 0 amide bonds. The summed E-state index contributed by atoms with van der Waals surface area (Å²) in [6.45, 7) is 9.57. The lowest BCUT2D eigenvalue weighted by atomic mass is 9.91. The second-order valence-electron chi connectivity index (χ2n) is 6.15. The van der Waals surface area contributed by atoms with Gasteiger partial charge in [0.2, 0.25) is 0 Å². The lowest BCUT2D eigenvalue weighted by Crippen LogP contribution is -2.16. The molecule has 0 spiro atoms. The molecule has 0 aliphatic carbocycles. The number of aromatic nitrogens is 2. The maximum absolute atomic E-state index is 4.75. The number of nitrogens with zero attached hydrogens (tertiary/aromatic N) is 2. The summed E-state index contributed by atoms with van der Waals surface area (Å²) >= 11 is 3.51. The van der Waals surface area contributed by atoms with E-state index in [0.717, 1.165) is 40.3 Å². The quantitative estimate of drug-likeness (QED) is 0.842. The van der Waals surface area contributed by atoms with Crippen molar-refractivity contribution in [3.63, 3.8) is 0 Å². The lowest BCUT2D eigenvalue weighted by molar-refractivity contribution is 0.568. The van der Waals surface area contributed by atoms with Crippen molar-refractivity contribution >= 4 is 21.7 Å². The number of nitrogens with one attached hydrogen (secondary N) is 1. The van der Waals surface area contributed by atoms with Crippen molar-refractivity contribution in [3.05, 3.63) is 40.5 Å². The Bertz CT molecular complexity index is 618. The summed E-state index contributed by atoms with van der Waals surface area (Å²) < 4.78 is 1.04. The summed E-state index contributed by atoms with van der Waals surface area (Å²) in [7, 11) is 0. The maximum atomic E-state index is 4.75. The summed E-state index contributed by atoms with van der Waals surface area (Å²) in [6, 6.07) is 10.2. The van der Waals surface area contributed by atoms with Crippen LogP contribution in [-0.4, -0.2) is 16.5 Å². The second kappa shape index (κ2) is 6.56. The second-order valence-corrected chi connectivity index (χ2v) is 7.06. The molecule has 0 atom stereocenters. The Kier molecular flexibility index (Phi) is 4.99. The van der Waals surface area contributed by atoms with Crippen molar-refractivity contribution in [1.29, 1.82) is 0 Å². The molecule has 0 saturated heterocycles. The van der Waals surface area contributed by atoms with Gasteiger partial charge < -0.3 is 5.32 Å².